The monoisotopic (exact) mass is 271 g/mol. The van der Waals surface area contributed by atoms with Crippen LogP contribution in [0.15, 0.2) is 30.3 Å². The third kappa shape index (κ3) is 2.24. The second-order valence-electron chi connectivity index (χ2n) is 5.44. The van der Waals surface area contributed by atoms with Gasteiger partial charge in [0.1, 0.15) is 17.7 Å². The molecule has 0 amide bonds. The van der Waals surface area contributed by atoms with Gasteiger partial charge in [-0.25, -0.2) is 4.39 Å². The number of aryl methyl sites for hydroxylation is 3. The van der Waals surface area contributed by atoms with Crippen LogP contribution >= 0.6 is 0 Å². The molecule has 3 heteroatoms. The van der Waals surface area contributed by atoms with Crippen LogP contribution in [0, 0.1) is 26.6 Å². The minimum Gasteiger partial charge on any atom is -0.482 e. The van der Waals surface area contributed by atoms with Crippen molar-refractivity contribution < 1.29 is 9.13 Å². The molecule has 0 fully saturated rings. The Labute approximate surface area is 118 Å². The highest BCUT2D eigenvalue weighted by molar-refractivity contribution is 5.59. The fraction of sp³-hybridized carbons (Fsp3) is 0.294. The Morgan fingerprint density at radius 1 is 1.10 bits per heavy atom. The highest BCUT2D eigenvalue weighted by atomic mass is 19.1. The smallest absolute Gasteiger partial charge is 0.146 e. The SMILES string of the molecule is Cc1cc(C)c(C2CNc3ccc(F)cc3O2)c(C)c1. The minimum atomic E-state index is -0.274. The van der Waals surface area contributed by atoms with E-state index in [0.717, 1.165) is 5.69 Å². The summed E-state index contributed by atoms with van der Waals surface area (Å²) in [4.78, 5) is 0. The Hall–Kier alpha value is -2.03. The summed E-state index contributed by atoms with van der Waals surface area (Å²) < 4.78 is 19.3. The van der Waals surface area contributed by atoms with Crippen LogP contribution in [0.4, 0.5) is 10.1 Å². The van der Waals surface area contributed by atoms with Crippen LogP contribution < -0.4 is 10.1 Å². The van der Waals surface area contributed by atoms with Gasteiger partial charge in [0.25, 0.3) is 0 Å². The number of nitrogens with one attached hydrogen (secondary N) is 1. The lowest BCUT2D eigenvalue weighted by Gasteiger charge is -2.29. The first-order chi connectivity index (χ1) is 9.54. The number of fused-ring (bicyclic) bond motifs is 1. The molecule has 1 aliphatic heterocycles. The Morgan fingerprint density at radius 2 is 1.80 bits per heavy atom. The third-order valence-electron chi connectivity index (χ3n) is 3.75. The van der Waals surface area contributed by atoms with Gasteiger partial charge in [0.15, 0.2) is 0 Å². The average molecular weight is 271 g/mol. The first kappa shape index (κ1) is 13.0. The van der Waals surface area contributed by atoms with E-state index in [2.05, 4.69) is 38.2 Å². The van der Waals surface area contributed by atoms with Crippen molar-refractivity contribution in [3.05, 3.63) is 58.4 Å². The van der Waals surface area contributed by atoms with E-state index >= 15 is 0 Å². The van der Waals surface area contributed by atoms with Crippen molar-refractivity contribution >= 4 is 5.69 Å². The number of halogens is 1. The van der Waals surface area contributed by atoms with Crippen molar-refractivity contribution in [3.63, 3.8) is 0 Å². The van der Waals surface area contributed by atoms with E-state index < -0.39 is 0 Å². The van der Waals surface area contributed by atoms with Gasteiger partial charge in [-0.2, -0.15) is 0 Å². The number of hydrogen-bond donors (Lipinski definition) is 1. The van der Waals surface area contributed by atoms with Crippen LogP contribution in [0.5, 0.6) is 5.75 Å². The van der Waals surface area contributed by atoms with E-state index in [1.54, 1.807) is 6.07 Å². The van der Waals surface area contributed by atoms with Gasteiger partial charge in [-0.3, -0.25) is 0 Å². The molecule has 0 spiro atoms. The van der Waals surface area contributed by atoms with Gasteiger partial charge < -0.3 is 10.1 Å². The molecule has 2 aromatic carbocycles. The number of benzene rings is 2. The quantitative estimate of drug-likeness (QED) is 0.835. The largest absolute Gasteiger partial charge is 0.482 e. The first-order valence-corrected chi connectivity index (χ1v) is 6.82. The zero-order valence-electron chi connectivity index (χ0n) is 12.0. The van der Waals surface area contributed by atoms with Gasteiger partial charge >= 0.3 is 0 Å². The first-order valence-electron chi connectivity index (χ1n) is 6.82. The number of rotatable bonds is 1. The van der Waals surface area contributed by atoms with Crippen LogP contribution in [0.3, 0.4) is 0 Å². The molecule has 1 N–H and O–H groups in total. The maximum Gasteiger partial charge on any atom is 0.146 e. The van der Waals surface area contributed by atoms with Crippen molar-refractivity contribution in [2.45, 2.75) is 26.9 Å². The summed E-state index contributed by atoms with van der Waals surface area (Å²) in [6.45, 7) is 6.98. The molecule has 1 atom stereocenters. The van der Waals surface area contributed by atoms with E-state index in [-0.39, 0.29) is 11.9 Å². The summed E-state index contributed by atoms with van der Waals surface area (Å²) in [6, 6.07) is 8.92. The predicted octanol–water partition coefficient (Wildman–Crippen LogP) is 4.30. The van der Waals surface area contributed by atoms with Crippen molar-refractivity contribution in [1.82, 2.24) is 0 Å². The fourth-order valence-corrected chi connectivity index (χ4v) is 3.00. The molecule has 0 bridgehead atoms. The number of hydrogen-bond acceptors (Lipinski definition) is 2. The van der Waals surface area contributed by atoms with Gasteiger partial charge in [-0.1, -0.05) is 17.7 Å². The summed E-state index contributed by atoms with van der Waals surface area (Å²) in [7, 11) is 0. The number of anilines is 1. The van der Waals surface area contributed by atoms with Crippen molar-refractivity contribution in [2.24, 2.45) is 0 Å². The van der Waals surface area contributed by atoms with Crippen LogP contribution in [-0.2, 0) is 0 Å². The van der Waals surface area contributed by atoms with E-state index in [0.29, 0.717) is 12.3 Å². The topological polar surface area (TPSA) is 21.3 Å². The molecule has 2 aromatic rings. The van der Waals surface area contributed by atoms with Gasteiger partial charge in [0.05, 0.1) is 12.2 Å². The van der Waals surface area contributed by atoms with E-state index in [1.165, 1.54) is 34.4 Å². The molecule has 0 aliphatic carbocycles. The molecule has 1 aliphatic rings. The lowest BCUT2D eigenvalue weighted by atomic mass is 9.95. The Morgan fingerprint density at radius 3 is 2.50 bits per heavy atom. The lowest BCUT2D eigenvalue weighted by molar-refractivity contribution is 0.208. The zero-order valence-corrected chi connectivity index (χ0v) is 12.0. The molecular formula is C17H18FNO. The van der Waals surface area contributed by atoms with Crippen LogP contribution in [0.25, 0.3) is 0 Å². The molecule has 0 radical (unpaired) electrons. The maximum atomic E-state index is 13.3. The van der Waals surface area contributed by atoms with Crippen LogP contribution in [0.1, 0.15) is 28.4 Å². The van der Waals surface area contributed by atoms with Crippen molar-refractivity contribution in [1.29, 1.82) is 0 Å². The standard InChI is InChI=1S/C17H18FNO/c1-10-6-11(2)17(12(3)7-10)16-9-19-14-5-4-13(18)8-15(14)20-16/h4-8,16,19H,9H2,1-3H3. The molecular weight excluding hydrogens is 253 g/mol. The highest BCUT2D eigenvalue weighted by Gasteiger charge is 2.24. The summed E-state index contributed by atoms with van der Waals surface area (Å²) in [6.07, 6.45) is -0.0788. The second-order valence-corrected chi connectivity index (χ2v) is 5.44. The Kier molecular flexibility index (Phi) is 3.13. The normalized spacial score (nSPS) is 17.1. The van der Waals surface area contributed by atoms with E-state index in [9.17, 15) is 4.39 Å². The zero-order chi connectivity index (χ0) is 14.3. The van der Waals surface area contributed by atoms with Gasteiger partial charge in [0.2, 0.25) is 0 Å². The lowest BCUT2D eigenvalue weighted by Crippen LogP contribution is -2.25. The Balaban J connectivity index is 1.98. The molecule has 3 rings (SSSR count). The fourth-order valence-electron chi connectivity index (χ4n) is 3.00. The summed E-state index contributed by atoms with van der Waals surface area (Å²) in [5.41, 5.74) is 5.73. The van der Waals surface area contributed by atoms with Crippen molar-refractivity contribution in [3.8, 4) is 5.75 Å². The summed E-state index contributed by atoms with van der Waals surface area (Å²) >= 11 is 0. The molecule has 1 unspecified atom stereocenters. The molecule has 0 saturated heterocycles. The maximum absolute atomic E-state index is 13.3. The highest BCUT2D eigenvalue weighted by Crippen LogP contribution is 2.36. The Bertz CT molecular complexity index is 643. The molecule has 0 saturated carbocycles. The second kappa shape index (κ2) is 4.82. The molecule has 2 nitrogen and oxygen atoms in total. The van der Waals surface area contributed by atoms with Crippen LogP contribution in [-0.4, -0.2) is 6.54 Å². The van der Waals surface area contributed by atoms with Crippen molar-refractivity contribution in [2.75, 3.05) is 11.9 Å². The van der Waals surface area contributed by atoms with E-state index in [1.807, 2.05) is 0 Å². The summed E-state index contributed by atoms with van der Waals surface area (Å²) in [5, 5.41) is 3.32. The summed E-state index contributed by atoms with van der Waals surface area (Å²) in [5.74, 6) is 0.309. The van der Waals surface area contributed by atoms with Gasteiger partial charge in [-0.05, 0) is 49.6 Å². The molecule has 0 aromatic heterocycles. The molecule has 104 valence electrons. The number of ether oxygens (including phenoxy) is 1. The third-order valence-corrected chi connectivity index (χ3v) is 3.75. The minimum absolute atomic E-state index is 0.0788. The molecule has 20 heavy (non-hydrogen) atoms. The van der Waals surface area contributed by atoms with Gasteiger partial charge in [-0.15, -0.1) is 0 Å². The van der Waals surface area contributed by atoms with E-state index in [4.69, 9.17) is 4.74 Å². The predicted molar refractivity (Wildman–Crippen MR) is 78.9 cm³/mol. The molecule has 1 heterocycles. The average Bonchev–Trinajstić information content (AvgIpc) is 2.37. The van der Waals surface area contributed by atoms with Gasteiger partial charge in [0, 0.05) is 6.07 Å². The van der Waals surface area contributed by atoms with Crippen LogP contribution in [0.2, 0.25) is 0 Å².